The lowest BCUT2D eigenvalue weighted by Gasteiger charge is -2.29. The third-order valence-corrected chi connectivity index (χ3v) is 12.9. The van der Waals surface area contributed by atoms with Crippen LogP contribution in [-0.2, 0) is 18.4 Å². The number of carbonyl (C=O) groups is 1. The van der Waals surface area contributed by atoms with E-state index >= 15 is 0 Å². The number of hydrogen-bond donors (Lipinski definition) is 2. The van der Waals surface area contributed by atoms with E-state index in [-0.39, 0.29) is 19.1 Å². The van der Waals surface area contributed by atoms with Gasteiger partial charge in [-0.25, -0.2) is 0 Å². The highest BCUT2D eigenvalue weighted by molar-refractivity contribution is 7.45. The Morgan fingerprint density at radius 1 is 0.557 bits per heavy atom. The number of unbranched alkanes of at least 4 members (excludes halogenated alkanes) is 33. The first-order valence-electron chi connectivity index (χ1n) is 26.2. The first kappa shape index (κ1) is 60.0. The third-order valence-electron chi connectivity index (χ3n) is 11.9. The summed E-state index contributed by atoms with van der Waals surface area (Å²) in [5, 5.41) is 13.8. The molecule has 0 aliphatic rings. The van der Waals surface area contributed by atoms with E-state index in [1.165, 1.54) is 193 Å². The zero-order valence-corrected chi connectivity index (χ0v) is 42.0. The monoisotopic (exact) mass is 883 g/mol. The molecule has 1 amide bonds. The van der Waals surface area contributed by atoms with E-state index in [9.17, 15) is 19.4 Å². The summed E-state index contributed by atoms with van der Waals surface area (Å²) in [5.74, 6) is -0.200. The third kappa shape index (κ3) is 46.8. The number of allylic oxidation sites excluding steroid dienone is 3. The predicted octanol–water partition coefficient (Wildman–Crippen LogP) is 14.6. The number of amides is 1. The largest absolute Gasteiger partial charge is 0.756 e. The number of nitrogens with one attached hydrogen (secondary N) is 1. The molecule has 0 bridgehead atoms. The number of phosphoric acid groups is 1. The van der Waals surface area contributed by atoms with Crippen LogP contribution in [0.4, 0.5) is 0 Å². The number of nitrogens with zero attached hydrogens (tertiary/aromatic N) is 1. The van der Waals surface area contributed by atoms with Gasteiger partial charge in [0, 0.05) is 6.42 Å². The van der Waals surface area contributed by atoms with E-state index in [2.05, 4.69) is 31.3 Å². The predicted molar refractivity (Wildman–Crippen MR) is 261 cm³/mol. The van der Waals surface area contributed by atoms with Crippen molar-refractivity contribution in [1.29, 1.82) is 0 Å². The van der Waals surface area contributed by atoms with Crippen molar-refractivity contribution in [3.63, 3.8) is 0 Å². The lowest BCUT2D eigenvalue weighted by atomic mass is 10.0. The highest BCUT2D eigenvalue weighted by Gasteiger charge is 2.23. The summed E-state index contributed by atoms with van der Waals surface area (Å²) in [5.41, 5.74) is 0. The molecule has 0 spiro atoms. The summed E-state index contributed by atoms with van der Waals surface area (Å²) in [6.07, 6.45) is 53.8. The van der Waals surface area contributed by atoms with Crippen molar-refractivity contribution in [3.05, 3.63) is 24.3 Å². The Morgan fingerprint density at radius 3 is 1.30 bits per heavy atom. The lowest BCUT2D eigenvalue weighted by Crippen LogP contribution is -2.45. The molecule has 0 aromatic rings. The van der Waals surface area contributed by atoms with Crippen molar-refractivity contribution >= 4 is 13.7 Å². The number of quaternary nitrogens is 1. The van der Waals surface area contributed by atoms with E-state index < -0.39 is 20.0 Å². The van der Waals surface area contributed by atoms with Gasteiger partial charge in [-0.3, -0.25) is 9.36 Å². The summed E-state index contributed by atoms with van der Waals surface area (Å²) in [6.45, 7) is 4.66. The molecule has 2 N–H and O–H groups in total. The van der Waals surface area contributed by atoms with Crippen LogP contribution in [0.5, 0.6) is 0 Å². The standard InChI is InChI=1S/C52H103N2O6P/c1-6-8-10-12-14-16-18-20-22-23-24-25-26-27-28-29-30-32-33-35-37-39-41-43-45-51(55)50(49-60-61(57,58)59-48-47-54(3,4)5)53-52(56)46-44-42-40-38-36-34-31-21-19-17-15-13-11-9-7-2/h17,19,43,45,50-51,55H,6-16,18,20-42,44,46-49H2,1-5H3,(H-,53,56,57,58)/b19-17-,45-43+. The quantitative estimate of drug-likeness (QED) is 0.0273. The van der Waals surface area contributed by atoms with Gasteiger partial charge >= 0.3 is 0 Å². The van der Waals surface area contributed by atoms with Crippen molar-refractivity contribution in [2.45, 2.75) is 264 Å². The molecule has 0 aromatic carbocycles. The van der Waals surface area contributed by atoms with Crippen molar-refractivity contribution < 1.29 is 32.9 Å². The molecule has 0 rings (SSSR count). The molecule has 0 radical (unpaired) electrons. The van der Waals surface area contributed by atoms with Crippen molar-refractivity contribution in [3.8, 4) is 0 Å². The maximum Gasteiger partial charge on any atom is 0.268 e. The molecule has 0 aliphatic heterocycles. The highest BCUT2D eigenvalue weighted by Crippen LogP contribution is 2.38. The number of hydrogen-bond acceptors (Lipinski definition) is 6. The van der Waals surface area contributed by atoms with Gasteiger partial charge in [-0.2, -0.15) is 0 Å². The molecule has 8 nitrogen and oxygen atoms in total. The fourth-order valence-corrected chi connectivity index (χ4v) is 8.46. The van der Waals surface area contributed by atoms with Crippen LogP contribution < -0.4 is 10.2 Å². The second-order valence-electron chi connectivity index (χ2n) is 19.2. The van der Waals surface area contributed by atoms with Gasteiger partial charge in [0.2, 0.25) is 5.91 Å². The maximum absolute atomic E-state index is 12.9. The second-order valence-corrected chi connectivity index (χ2v) is 20.6. The normalized spacial score (nSPS) is 14.3. The van der Waals surface area contributed by atoms with E-state index in [1.807, 2.05) is 27.2 Å². The van der Waals surface area contributed by atoms with Crippen LogP contribution in [0.25, 0.3) is 0 Å². The van der Waals surface area contributed by atoms with Gasteiger partial charge in [0.05, 0.1) is 39.9 Å². The number of aliphatic hydroxyl groups excluding tert-OH is 1. The molecule has 0 saturated heterocycles. The van der Waals surface area contributed by atoms with Crippen LogP contribution in [0.15, 0.2) is 24.3 Å². The van der Waals surface area contributed by atoms with E-state index in [0.29, 0.717) is 17.4 Å². The van der Waals surface area contributed by atoms with Gasteiger partial charge in [0.15, 0.2) is 0 Å². The van der Waals surface area contributed by atoms with Gasteiger partial charge in [-0.15, -0.1) is 0 Å². The molecular weight excluding hydrogens is 780 g/mol. The van der Waals surface area contributed by atoms with Crippen LogP contribution >= 0.6 is 7.82 Å². The minimum absolute atomic E-state index is 0.000457. The summed E-state index contributed by atoms with van der Waals surface area (Å²) in [6, 6.07) is -0.886. The van der Waals surface area contributed by atoms with Crippen LogP contribution in [-0.4, -0.2) is 68.5 Å². The SMILES string of the molecule is CCCCCC/C=C\CCCCCCCCCC(=O)NC(COP(=O)([O-])OCC[N+](C)(C)C)C(O)/C=C/CCCCCCCCCCCCCCCCCCCCCCCC. The van der Waals surface area contributed by atoms with E-state index in [1.54, 1.807) is 6.08 Å². The Kier molecular flexibility index (Phi) is 43.5. The number of likely N-dealkylation sites (N-methyl/N-ethyl adjacent to an activating group) is 1. The molecule has 0 heterocycles. The Bertz CT molecular complexity index is 1050. The molecule has 0 aromatic heterocycles. The van der Waals surface area contributed by atoms with Crippen LogP contribution in [0.3, 0.4) is 0 Å². The summed E-state index contributed by atoms with van der Waals surface area (Å²) in [4.78, 5) is 25.4. The number of carbonyl (C=O) groups excluding carboxylic acids is 1. The number of rotatable bonds is 48. The van der Waals surface area contributed by atoms with Gasteiger partial charge in [-0.1, -0.05) is 224 Å². The zero-order valence-electron chi connectivity index (χ0n) is 41.1. The Balaban J connectivity index is 4.25. The first-order valence-corrected chi connectivity index (χ1v) is 27.7. The minimum atomic E-state index is -4.59. The van der Waals surface area contributed by atoms with Gasteiger partial charge in [0.1, 0.15) is 13.2 Å². The molecule has 0 saturated carbocycles. The molecule has 3 unspecified atom stereocenters. The van der Waals surface area contributed by atoms with Crippen LogP contribution in [0.1, 0.15) is 251 Å². The van der Waals surface area contributed by atoms with E-state index in [4.69, 9.17) is 9.05 Å². The summed E-state index contributed by atoms with van der Waals surface area (Å²) >= 11 is 0. The van der Waals surface area contributed by atoms with Gasteiger partial charge in [-0.05, 0) is 44.9 Å². The molecule has 362 valence electrons. The topological polar surface area (TPSA) is 108 Å². The van der Waals surface area contributed by atoms with Gasteiger partial charge < -0.3 is 28.8 Å². The Morgan fingerprint density at radius 2 is 0.902 bits per heavy atom. The summed E-state index contributed by atoms with van der Waals surface area (Å²) in [7, 11) is 1.27. The van der Waals surface area contributed by atoms with Crippen molar-refractivity contribution in [1.82, 2.24) is 5.32 Å². The fourth-order valence-electron chi connectivity index (χ4n) is 7.74. The molecular formula is C52H103N2O6P. The molecule has 0 aliphatic carbocycles. The molecule has 9 heteroatoms. The molecule has 61 heavy (non-hydrogen) atoms. The average molecular weight is 883 g/mol. The van der Waals surface area contributed by atoms with Crippen LogP contribution in [0.2, 0.25) is 0 Å². The lowest BCUT2D eigenvalue weighted by molar-refractivity contribution is -0.870. The summed E-state index contributed by atoms with van der Waals surface area (Å²) < 4.78 is 23.3. The Labute approximate surface area is 379 Å². The smallest absolute Gasteiger partial charge is 0.268 e. The highest BCUT2D eigenvalue weighted by atomic mass is 31.2. The van der Waals surface area contributed by atoms with Crippen molar-refractivity contribution in [2.24, 2.45) is 0 Å². The second kappa shape index (κ2) is 44.2. The van der Waals surface area contributed by atoms with Crippen molar-refractivity contribution in [2.75, 3.05) is 40.9 Å². The zero-order chi connectivity index (χ0) is 45.0. The number of aliphatic hydroxyl groups is 1. The Hall–Kier alpha value is -1.02. The van der Waals surface area contributed by atoms with E-state index in [0.717, 1.165) is 38.5 Å². The fraction of sp³-hybridized carbons (Fsp3) is 0.904. The molecule has 3 atom stereocenters. The minimum Gasteiger partial charge on any atom is -0.756 e. The number of phosphoric ester groups is 1. The first-order chi connectivity index (χ1) is 29.5. The van der Waals surface area contributed by atoms with Crippen LogP contribution in [0, 0.1) is 0 Å². The maximum atomic E-state index is 12.9. The molecule has 0 fully saturated rings. The van der Waals surface area contributed by atoms with Gasteiger partial charge in [0.25, 0.3) is 7.82 Å². The average Bonchev–Trinajstić information content (AvgIpc) is 3.21.